The highest BCUT2D eigenvalue weighted by Crippen LogP contribution is 2.28. The number of nitrogens with zero attached hydrogens (tertiary/aromatic N) is 4. The van der Waals surface area contributed by atoms with Gasteiger partial charge in [0.2, 0.25) is 5.92 Å². The van der Waals surface area contributed by atoms with Crippen LogP contribution in [0.2, 0.25) is 0 Å². The third kappa shape index (κ3) is 3.18. The van der Waals surface area contributed by atoms with Gasteiger partial charge in [-0.25, -0.2) is 23.7 Å². The molecule has 0 aromatic carbocycles. The molecule has 0 saturated heterocycles. The number of pyridine rings is 2. The van der Waals surface area contributed by atoms with E-state index in [1.54, 1.807) is 24.4 Å². The molecule has 3 aromatic heterocycles. The van der Waals surface area contributed by atoms with E-state index in [0.29, 0.717) is 22.6 Å². The quantitative estimate of drug-likeness (QED) is 0.584. The first-order chi connectivity index (χ1) is 12.5. The van der Waals surface area contributed by atoms with Crippen molar-refractivity contribution in [2.45, 2.75) is 31.7 Å². The van der Waals surface area contributed by atoms with Gasteiger partial charge in [-0.05, 0) is 24.1 Å². The van der Waals surface area contributed by atoms with E-state index in [2.05, 4.69) is 26.8 Å². The fourth-order valence-corrected chi connectivity index (χ4v) is 2.91. The molecule has 1 aliphatic heterocycles. The normalized spacial score (nSPS) is 15.6. The summed E-state index contributed by atoms with van der Waals surface area (Å²) in [5.74, 6) is 3.44. The Bertz CT molecular complexity index is 1100. The molecule has 0 spiro atoms. The average molecular weight is 352 g/mol. The van der Waals surface area contributed by atoms with Crippen LogP contribution in [-0.2, 0) is 13.0 Å². The summed E-state index contributed by atoms with van der Waals surface area (Å²) in [4.78, 5) is 25.3. The largest absolute Gasteiger partial charge is 0.295 e. The molecule has 0 fully saturated rings. The number of alkyl halides is 2. The Labute approximate surface area is 147 Å². The summed E-state index contributed by atoms with van der Waals surface area (Å²) in [5.41, 5.74) is 1.36. The maximum atomic E-state index is 13.7. The van der Waals surface area contributed by atoms with Gasteiger partial charge in [-0.3, -0.25) is 9.36 Å². The second-order valence-corrected chi connectivity index (χ2v) is 6.15. The van der Waals surface area contributed by atoms with Crippen LogP contribution in [0.15, 0.2) is 41.5 Å². The van der Waals surface area contributed by atoms with E-state index in [9.17, 15) is 13.6 Å². The molecular weight excluding hydrogens is 338 g/mol. The van der Waals surface area contributed by atoms with Gasteiger partial charge in [-0.1, -0.05) is 12.0 Å². The number of rotatable bonds is 0. The van der Waals surface area contributed by atoms with Crippen molar-refractivity contribution in [2.24, 2.45) is 0 Å². The molecule has 4 rings (SSSR count). The minimum Gasteiger partial charge on any atom is -0.295 e. The molecule has 3 aromatic rings. The fourth-order valence-electron chi connectivity index (χ4n) is 2.91. The van der Waals surface area contributed by atoms with Crippen molar-refractivity contribution in [1.82, 2.24) is 19.5 Å². The van der Waals surface area contributed by atoms with E-state index in [1.165, 1.54) is 10.8 Å². The van der Waals surface area contributed by atoms with Crippen LogP contribution in [0, 0.1) is 11.8 Å². The lowest BCUT2D eigenvalue weighted by molar-refractivity contribution is -0.0153. The monoisotopic (exact) mass is 352 g/mol. The van der Waals surface area contributed by atoms with Gasteiger partial charge in [-0.15, -0.1) is 0 Å². The maximum Gasteiger partial charge on any atom is 0.280 e. The van der Waals surface area contributed by atoms with Crippen LogP contribution < -0.4 is 5.56 Å². The van der Waals surface area contributed by atoms with Gasteiger partial charge >= 0.3 is 0 Å². The average Bonchev–Trinajstić information content (AvgIpc) is 2.79. The molecule has 0 atom stereocenters. The van der Waals surface area contributed by atoms with Crippen molar-refractivity contribution in [3.8, 4) is 11.8 Å². The molecule has 26 heavy (non-hydrogen) atoms. The fraction of sp³-hybridized carbons (Fsp3) is 0.263. The Balaban J connectivity index is 1.76. The van der Waals surface area contributed by atoms with Gasteiger partial charge in [0.05, 0.1) is 5.52 Å². The highest BCUT2D eigenvalue weighted by atomic mass is 19.3. The van der Waals surface area contributed by atoms with Gasteiger partial charge in [0.15, 0.2) is 5.52 Å². The Morgan fingerprint density at radius 1 is 1.15 bits per heavy atom. The minimum atomic E-state index is -2.78. The molecule has 130 valence electrons. The van der Waals surface area contributed by atoms with E-state index in [0.717, 1.165) is 0 Å². The van der Waals surface area contributed by atoms with Crippen molar-refractivity contribution in [3.63, 3.8) is 0 Å². The van der Waals surface area contributed by atoms with Crippen LogP contribution in [0.1, 0.15) is 29.9 Å². The van der Waals surface area contributed by atoms with Crippen molar-refractivity contribution in [1.29, 1.82) is 0 Å². The van der Waals surface area contributed by atoms with Crippen LogP contribution in [0.4, 0.5) is 8.78 Å². The number of hydrogen-bond donors (Lipinski definition) is 0. The first-order valence-electron chi connectivity index (χ1n) is 8.22. The Morgan fingerprint density at radius 2 is 2.04 bits per heavy atom. The number of aromatic nitrogens is 4. The molecule has 0 bridgehead atoms. The Kier molecular flexibility index (Phi) is 3.96. The zero-order chi connectivity index (χ0) is 18.1. The molecule has 0 unspecified atom stereocenters. The van der Waals surface area contributed by atoms with Crippen molar-refractivity contribution in [3.05, 3.63) is 64.1 Å². The van der Waals surface area contributed by atoms with Gasteiger partial charge in [-0.2, -0.15) is 0 Å². The van der Waals surface area contributed by atoms with Crippen LogP contribution in [0.3, 0.4) is 0 Å². The van der Waals surface area contributed by atoms with E-state index in [4.69, 9.17) is 0 Å². The second kappa shape index (κ2) is 6.30. The minimum absolute atomic E-state index is 0.0486. The molecule has 0 N–H and O–H groups in total. The molecule has 0 aliphatic carbocycles. The highest BCUT2D eigenvalue weighted by molar-refractivity contribution is 5.74. The standard InChI is InChI=1S/C19H14F2N4O/c20-19(21)7-6-16-24-15-11-13(4-5-14-3-1-2-9-22-14)12-23-17(15)18(26)25(16)10-8-19/h1-3,9,11-12H,6-8,10H2. The summed E-state index contributed by atoms with van der Waals surface area (Å²) in [7, 11) is 0. The molecular formula is C19H14F2N4O. The van der Waals surface area contributed by atoms with Gasteiger partial charge < -0.3 is 0 Å². The number of halogens is 2. The van der Waals surface area contributed by atoms with Crippen LogP contribution >= 0.6 is 0 Å². The second-order valence-electron chi connectivity index (χ2n) is 6.15. The summed E-state index contributed by atoms with van der Waals surface area (Å²) >= 11 is 0. The molecule has 0 saturated carbocycles. The molecule has 7 heteroatoms. The predicted molar refractivity (Wildman–Crippen MR) is 91.9 cm³/mol. The van der Waals surface area contributed by atoms with Gasteiger partial charge in [0, 0.05) is 43.8 Å². The molecule has 0 amide bonds. The first kappa shape index (κ1) is 16.3. The summed E-state index contributed by atoms with van der Waals surface area (Å²) in [6.45, 7) is -0.0486. The van der Waals surface area contributed by atoms with E-state index >= 15 is 0 Å². The lowest BCUT2D eigenvalue weighted by Crippen LogP contribution is -2.25. The van der Waals surface area contributed by atoms with E-state index in [-0.39, 0.29) is 36.9 Å². The number of hydrogen-bond acceptors (Lipinski definition) is 4. The smallest absolute Gasteiger partial charge is 0.280 e. The van der Waals surface area contributed by atoms with E-state index < -0.39 is 5.92 Å². The van der Waals surface area contributed by atoms with Crippen LogP contribution in [0.5, 0.6) is 0 Å². The van der Waals surface area contributed by atoms with Crippen molar-refractivity contribution >= 4 is 11.0 Å². The maximum absolute atomic E-state index is 13.7. The topological polar surface area (TPSA) is 60.7 Å². The Morgan fingerprint density at radius 3 is 2.85 bits per heavy atom. The van der Waals surface area contributed by atoms with Crippen LogP contribution in [-0.4, -0.2) is 25.4 Å². The third-order valence-electron chi connectivity index (χ3n) is 4.29. The summed E-state index contributed by atoms with van der Waals surface area (Å²) in [6, 6.07) is 7.08. The molecule has 4 heterocycles. The highest BCUT2D eigenvalue weighted by Gasteiger charge is 2.32. The molecule has 5 nitrogen and oxygen atoms in total. The molecule has 1 aliphatic rings. The van der Waals surface area contributed by atoms with Crippen LogP contribution in [0.25, 0.3) is 11.0 Å². The third-order valence-corrected chi connectivity index (χ3v) is 4.29. The van der Waals surface area contributed by atoms with Crippen molar-refractivity contribution in [2.75, 3.05) is 0 Å². The molecule has 0 radical (unpaired) electrons. The summed E-state index contributed by atoms with van der Waals surface area (Å²) < 4.78 is 28.6. The van der Waals surface area contributed by atoms with Crippen molar-refractivity contribution < 1.29 is 8.78 Å². The van der Waals surface area contributed by atoms with Gasteiger partial charge in [0.1, 0.15) is 11.5 Å². The lowest BCUT2D eigenvalue weighted by Gasteiger charge is -2.11. The number of fused-ring (bicyclic) bond motifs is 2. The van der Waals surface area contributed by atoms with Gasteiger partial charge in [0.25, 0.3) is 5.56 Å². The SMILES string of the molecule is O=c1c2ncc(C#Cc3ccccn3)cc2nc2n1CCC(F)(F)CC2. The first-order valence-corrected chi connectivity index (χ1v) is 8.22. The lowest BCUT2D eigenvalue weighted by atomic mass is 10.1. The zero-order valence-electron chi connectivity index (χ0n) is 13.7. The summed E-state index contributed by atoms with van der Waals surface area (Å²) in [5, 5.41) is 0. The summed E-state index contributed by atoms with van der Waals surface area (Å²) in [6.07, 6.45) is 2.52. The zero-order valence-corrected chi connectivity index (χ0v) is 13.7. The Hall–Kier alpha value is -3.14. The van der Waals surface area contributed by atoms with E-state index in [1.807, 2.05) is 6.07 Å². The number of aryl methyl sites for hydroxylation is 1. The predicted octanol–water partition coefficient (Wildman–Crippen LogP) is 2.56.